The number of piperidine rings is 1. The van der Waals surface area contributed by atoms with E-state index in [2.05, 4.69) is 14.9 Å². The molecule has 1 aliphatic rings. The number of carbonyl (C=O) groups is 1. The van der Waals surface area contributed by atoms with Crippen molar-refractivity contribution in [2.75, 3.05) is 13.1 Å². The lowest BCUT2D eigenvalue weighted by Crippen LogP contribution is -2.38. The maximum atomic E-state index is 11.1. The van der Waals surface area contributed by atoms with Crippen LogP contribution in [-0.4, -0.2) is 33.9 Å². The Bertz CT molecular complexity index is 423. The van der Waals surface area contributed by atoms with Crippen LogP contribution >= 0.6 is 11.6 Å². The standard InChI is InChI=1S/C12H17ClN4O/c1-8-6-10(13)16-11(15-8)7-17-4-2-9(3-5-17)12(14)18/h6,9H,2-5,7H2,1H3,(H2,14,18). The van der Waals surface area contributed by atoms with Crippen molar-refractivity contribution in [3.8, 4) is 0 Å². The summed E-state index contributed by atoms with van der Waals surface area (Å²) < 4.78 is 0. The number of hydrogen-bond acceptors (Lipinski definition) is 4. The van der Waals surface area contributed by atoms with E-state index >= 15 is 0 Å². The third-order valence-corrected chi connectivity index (χ3v) is 3.42. The van der Waals surface area contributed by atoms with Crippen LogP contribution in [0.15, 0.2) is 6.07 Å². The van der Waals surface area contributed by atoms with Crippen LogP contribution in [0.4, 0.5) is 0 Å². The molecule has 98 valence electrons. The first-order valence-electron chi connectivity index (χ1n) is 6.06. The summed E-state index contributed by atoms with van der Waals surface area (Å²) in [5.74, 6) is 0.560. The number of aromatic nitrogens is 2. The fourth-order valence-corrected chi connectivity index (χ4v) is 2.49. The third-order valence-electron chi connectivity index (χ3n) is 3.22. The summed E-state index contributed by atoms with van der Waals surface area (Å²) in [6, 6.07) is 1.74. The summed E-state index contributed by atoms with van der Waals surface area (Å²) in [5.41, 5.74) is 6.18. The molecular weight excluding hydrogens is 252 g/mol. The van der Waals surface area contributed by atoms with E-state index in [1.165, 1.54) is 0 Å². The highest BCUT2D eigenvalue weighted by molar-refractivity contribution is 6.29. The Labute approximate surface area is 111 Å². The number of carbonyl (C=O) groups excluding carboxylic acids is 1. The second-order valence-electron chi connectivity index (χ2n) is 4.70. The van der Waals surface area contributed by atoms with Gasteiger partial charge in [-0.25, -0.2) is 9.97 Å². The first-order chi connectivity index (χ1) is 8.54. The predicted octanol–water partition coefficient (Wildman–Crippen LogP) is 1.14. The van der Waals surface area contributed by atoms with Gasteiger partial charge < -0.3 is 5.73 Å². The number of halogens is 1. The van der Waals surface area contributed by atoms with Gasteiger partial charge in [-0.05, 0) is 38.9 Å². The molecule has 1 saturated heterocycles. The molecule has 0 aliphatic carbocycles. The predicted molar refractivity (Wildman–Crippen MR) is 69.0 cm³/mol. The zero-order chi connectivity index (χ0) is 13.1. The van der Waals surface area contributed by atoms with Crippen LogP contribution in [0.3, 0.4) is 0 Å². The molecule has 1 aromatic heterocycles. The van der Waals surface area contributed by atoms with E-state index in [9.17, 15) is 4.79 Å². The number of aryl methyl sites for hydroxylation is 1. The van der Waals surface area contributed by atoms with Gasteiger partial charge in [0, 0.05) is 11.6 Å². The molecule has 2 rings (SSSR count). The highest BCUT2D eigenvalue weighted by Gasteiger charge is 2.23. The lowest BCUT2D eigenvalue weighted by molar-refractivity contribution is -0.123. The van der Waals surface area contributed by atoms with Crippen molar-refractivity contribution < 1.29 is 4.79 Å². The van der Waals surface area contributed by atoms with E-state index in [1.54, 1.807) is 6.07 Å². The number of likely N-dealkylation sites (tertiary alicyclic amines) is 1. The van der Waals surface area contributed by atoms with Crippen molar-refractivity contribution in [3.05, 3.63) is 22.7 Å². The molecule has 0 bridgehead atoms. The molecule has 1 fully saturated rings. The van der Waals surface area contributed by atoms with Crippen LogP contribution in [0, 0.1) is 12.8 Å². The Kier molecular flexibility index (Phi) is 4.14. The normalized spacial score (nSPS) is 17.9. The zero-order valence-electron chi connectivity index (χ0n) is 10.4. The van der Waals surface area contributed by atoms with Gasteiger partial charge >= 0.3 is 0 Å². The quantitative estimate of drug-likeness (QED) is 0.835. The van der Waals surface area contributed by atoms with Gasteiger partial charge in [-0.3, -0.25) is 9.69 Å². The number of rotatable bonds is 3. The van der Waals surface area contributed by atoms with Gasteiger partial charge in [0.2, 0.25) is 5.91 Å². The largest absolute Gasteiger partial charge is 0.369 e. The molecule has 2 heterocycles. The SMILES string of the molecule is Cc1cc(Cl)nc(CN2CCC(C(N)=O)CC2)n1. The number of nitrogens with two attached hydrogens (primary N) is 1. The van der Waals surface area contributed by atoms with Gasteiger partial charge in [-0.2, -0.15) is 0 Å². The smallest absolute Gasteiger partial charge is 0.220 e. The second kappa shape index (κ2) is 5.63. The van der Waals surface area contributed by atoms with Crippen molar-refractivity contribution in [1.82, 2.24) is 14.9 Å². The van der Waals surface area contributed by atoms with Gasteiger partial charge in [0.25, 0.3) is 0 Å². The van der Waals surface area contributed by atoms with Gasteiger partial charge in [0.1, 0.15) is 11.0 Å². The minimum absolute atomic E-state index is 0.0169. The fourth-order valence-electron chi connectivity index (χ4n) is 2.24. The highest BCUT2D eigenvalue weighted by atomic mass is 35.5. The molecular formula is C12H17ClN4O. The molecule has 6 heteroatoms. The zero-order valence-corrected chi connectivity index (χ0v) is 11.2. The lowest BCUT2D eigenvalue weighted by Gasteiger charge is -2.29. The summed E-state index contributed by atoms with van der Waals surface area (Å²) in [6.07, 6.45) is 1.63. The first-order valence-corrected chi connectivity index (χ1v) is 6.44. The maximum Gasteiger partial charge on any atom is 0.220 e. The number of nitrogens with zero attached hydrogens (tertiary/aromatic N) is 3. The Morgan fingerprint density at radius 1 is 1.50 bits per heavy atom. The van der Waals surface area contributed by atoms with E-state index in [-0.39, 0.29) is 11.8 Å². The molecule has 0 aromatic carbocycles. The maximum absolute atomic E-state index is 11.1. The molecule has 0 atom stereocenters. The van der Waals surface area contributed by atoms with Crippen molar-refractivity contribution in [1.29, 1.82) is 0 Å². The van der Waals surface area contributed by atoms with Crippen molar-refractivity contribution in [3.63, 3.8) is 0 Å². The molecule has 0 radical (unpaired) electrons. The molecule has 1 aromatic rings. The average molecular weight is 269 g/mol. The molecule has 2 N–H and O–H groups in total. The van der Waals surface area contributed by atoms with Gasteiger partial charge in [0.15, 0.2) is 0 Å². The van der Waals surface area contributed by atoms with E-state index in [0.29, 0.717) is 11.7 Å². The Morgan fingerprint density at radius 3 is 2.72 bits per heavy atom. The number of amides is 1. The molecule has 0 unspecified atom stereocenters. The number of primary amides is 1. The second-order valence-corrected chi connectivity index (χ2v) is 5.09. The average Bonchev–Trinajstić information content (AvgIpc) is 2.28. The van der Waals surface area contributed by atoms with Gasteiger partial charge in [-0.15, -0.1) is 0 Å². The van der Waals surface area contributed by atoms with Crippen molar-refractivity contribution >= 4 is 17.5 Å². The van der Waals surface area contributed by atoms with Crippen LogP contribution in [0.25, 0.3) is 0 Å². The molecule has 18 heavy (non-hydrogen) atoms. The van der Waals surface area contributed by atoms with Crippen molar-refractivity contribution in [2.24, 2.45) is 11.7 Å². The van der Waals surface area contributed by atoms with E-state index in [1.807, 2.05) is 6.92 Å². The molecule has 1 amide bonds. The summed E-state index contributed by atoms with van der Waals surface area (Å²) in [6.45, 7) is 4.27. The first kappa shape index (κ1) is 13.2. The Balaban J connectivity index is 1.93. The Hall–Kier alpha value is -1.20. The van der Waals surface area contributed by atoms with E-state index in [4.69, 9.17) is 17.3 Å². The topological polar surface area (TPSA) is 72.1 Å². The lowest BCUT2D eigenvalue weighted by atomic mass is 9.96. The minimum Gasteiger partial charge on any atom is -0.369 e. The van der Waals surface area contributed by atoms with Crippen LogP contribution in [-0.2, 0) is 11.3 Å². The molecule has 0 spiro atoms. The summed E-state index contributed by atoms with van der Waals surface area (Å²) >= 11 is 5.90. The van der Waals surface area contributed by atoms with Crippen LogP contribution < -0.4 is 5.73 Å². The summed E-state index contributed by atoms with van der Waals surface area (Å²) in [4.78, 5) is 21.9. The third kappa shape index (κ3) is 3.40. The Morgan fingerprint density at radius 2 is 2.17 bits per heavy atom. The van der Waals surface area contributed by atoms with Gasteiger partial charge in [0.05, 0.1) is 6.54 Å². The fraction of sp³-hybridized carbons (Fsp3) is 0.583. The van der Waals surface area contributed by atoms with E-state index < -0.39 is 0 Å². The summed E-state index contributed by atoms with van der Waals surface area (Å²) in [7, 11) is 0. The molecule has 5 nitrogen and oxygen atoms in total. The van der Waals surface area contributed by atoms with Gasteiger partial charge in [-0.1, -0.05) is 11.6 Å². The van der Waals surface area contributed by atoms with E-state index in [0.717, 1.165) is 37.4 Å². The minimum atomic E-state index is -0.190. The molecule has 0 saturated carbocycles. The highest BCUT2D eigenvalue weighted by Crippen LogP contribution is 2.18. The molecule has 1 aliphatic heterocycles. The van der Waals surface area contributed by atoms with Crippen LogP contribution in [0.5, 0.6) is 0 Å². The van der Waals surface area contributed by atoms with Crippen LogP contribution in [0.1, 0.15) is 24.4 Å². The van der Waals surface area contributed by atoms with Crippen molar-refractivity contribution in [2.45, 2.75) is 26.3 Å². The summed E-state index contributed by atoms with van der Waals surface area (Å²) in [5, 5.41) is 0.476. The number of hydrogen-bond donors (Lipinski definition) is 1. The van der Waals surface area contributed by atoms with Crippen LogP contribution in [0.2, 0.25) is 5.15 Å². The monoisotopic (exact) mass is 268 g/mol.